The summed E-state index contributed by atoms with van der Waals surface area (Å²) < 4.78 is 34.6. The minimum atomic E-state index is -3.52. The summed E-state index contributed by atoms with van der Waals surface area (Å²) in [4.78, 5) is 31.4. The normalized spacial score (nSPS) is 18.4. The fourth-order valence-corrected chi connectivity index (χ4v) is 6.41. The average molecular weight is 491 g/mol. The number of hydrogen-bond donors (Lipinski definition) is 0. The van der Waals surface area contributed by atoms with Crippen molar-refractivity contribution in [3.05, 3.63) is 24.0 Å². The number of likely N-dealkylation sites (tertiary alicyclic amines) is 1. The number of nitrogens with zero attached hydrogens (tertiary/aromatic N) is 4. The van der Waals surface area contributed by atoms with Crippen LogP contribution in [0.3, 0.4) is 0 Å². The van der Waals surface area contributed by atoms with Gasteiger partial charge in [0.05, 0.1) is 28.5 Å². The highest BCUT2D eigenvalue weighted by atomic mass is 32.2. The third kappa shape index (κ3) is 5.12. The molecule has 0 radical (unpaired) electrons. The van der Waals surface area contributed by atoms with E-state index in [0.29, 0.717) is 64.0 Å². The Bertz CT molecular complexity index is 1150. The summed E-state index contributed by atoms with van der Waals surface area (Å²) in [5.41, 5.74) is 1.47. The molecule has 0 unspecified atom stereocenters. The highest BCUT2D eigenvalue weighted by Crippen LogP contribution is 2.25. The molecule has 0 aliphatic carbocycles. The maximum atomic E-state index is 13.0. The van der Waals surface area contributed by atoms with Crippen molar-refractivity contribution >= 4 is 32.9 Å². The number of aromatic nitrogens is 2. The topological polar surface area (TPSA) is 102 Å². The van der Waals surface area contributed by atoms with Crippen molar-refractivity contribution in [3.63, 3.8) is 0 Å². The molecule has 2 aromatic rings. The lowest BCUT2D eigenvalue weighted by Gasteiger charge is -2.31. The van der Waals surface area contributed by atoms with Gasteiger partial charge in [-0.25, -0.2) is 13.4 Å². The molecule has 9 nitrogen and oxygen atoms in total. The van der Waals surface area contributed by atoms with Gasteiger partial charge >= 0.3 is 5.97 Å². The van der Waals surface area contributed by atoms with Gasteiger partial charge in [0.25, 0.3) is 0 Å². The van der Waals surface area contributed by atoms with Crippen molar-refractivity contribution in [2.24, 2.45) is 13.0 Å². The van der Waals surface area contributed by atoms with Crippen LogP contribution in [0.25, 0.3) is 11.0 Å². The number of amides is 1. The minimum absolute atomic E-state index is 0.0442. The summed E-state index contributed by atoms with van der Waals surface area (Å²) in [6.45, 7) is 4.42. The number of piperidine rings is 2. The van der Waals surface area contributed by atoms with E-state index in [9.17, 15) is 18.0 Å². The SMILES string of the molecule is CCOC(=O)C1CCN(C(=O)CCc2nc3cc(S(=O)(=O)N4CCCCC4)ccc3n2C)CC1. The number of ether oxygens (including phenoxy) is 1. The number of carbonyl (C=O) groups is 2. The summed E-state index contributed by atoms with van der Waals surface area (Å²) in [6.07, 6.45) is 4.90. The smallest absolute Gasteiger partial charge is 0.309 e. The van der Waals surface area contributed by atoms with E-state index in [1.807, 2.05) is 16.5 Å². The maximum Gasteiger partial charge on any atom is 0.309 e. The standard InChI is InChI=1S/C24H34N4O5S/c1-3-33-24(30)18-11-15-27(16-12-18)23(29)10-9-22-25-20-17-19(7-8-21(20)26(22)2)34(31,32)28-13-5-4-6-14-28/h7-8,17-18H,3-6,9-16H2,1-2H3. The van der Waals surface area contributed by atoms with Gasteiger partial charge < -0.3 is 14.2 Å². The van der Waals surface area contributed by atoms with E-state index in [2.05, 4.69) is 4.98 Å². The van der Waals surface area contributed by atoms with Crippen molar-refractivity contribution in [2.45, 2.75) is 56.8 Å². The third-order valence-electron chi connectivity index (χ3n) is 6.93. The Morgan fingerprint density at radius 2 is 1.79 bits per heavy atom. The second kappa shape index (κ2) is 10.4. The zero-order valence-electron chi connectivity index (χ0n) is 20.0. The van der Waals surface area contributed by atoms with E-state index < -0.39 is 10.0 Å². The highest BCUT2D eigenvalue weighted by Gasteiger charge is 2.29. The Kier molecular flexibility index (Phi) is 7.57. The summed E-state index contributed by atoms with van der Waals surface area (Å²) in [5, 5.41) is 0. The molecule has 0 bridgehead atoms. The summed E-state index contributed by atoms with van der Waals surface area (Å²) in [5.74, 6) is 0.496. The van der Waals surface area contributed by atoms with Crippen LogP contribution in [-0.2, 0) is 37.8 Å². The number of imidazole rings is 1. The van der Waals surface area contributed by atoms with Gasteiger partial charge in [-0.15, -0.1) is 0 Å². The zero-order valence-corrected chi connectivity index (χ0v) is 20.8. The van der Waals surface area contributed by atoms with Gasteiger partial charge in [-0.3, -0.25) is 9.59 Å². The second-order valence-electron chi connectivity index (χ2n) is 9.11. The Balaban J connectivity index is 1.39. The van der Waals surface area contributed by atoms with Crippen LogP contribution in [0.5, 0.6) is 0 Å². The average Bonchev–Trinajstić information content (AvgIpc) is 3.18. The second-order valence-corrected chi connectivity index (χ2v) is 11.0. The molecular weight excluding hydrogens is 456 g/mol. The molecule has 0 saturated carbocycles. The lowest BCUT2D eigenvalue weighted by molar-refractivity contribution is -0.151. The minimum Gasteiger partial charge on any atom is -0.466 e. The van der Waals surface area contributed by atoms with Gasteiger partial charge in [-0.05, 0) is 50.8 Å². The zero-order chi connectivity index (χ0) is 24.3. The predicted octanol–water partition coefficient (Wildman–Crippen LogP) is 2.48. The fraction of sp³-hybridized carbons (Fsp3) is 0.625. The Morgan fingerprint density at radius 3 is 2.47 bits per heavy atom. The van der Waals surface area contributed by atoms with Crippen molar-refractivity contribution in [1.29, 1.82) is 0 Å². The van der Waals surface area contributed by atoms with Crippen LogP contribution in [0.4, 0.5) is 0 Å². The molecule has 2 aliphatic heterocycles. The lowest BCUT2D eigenvalue weighted by atomic mass is 9.96. The van der Waals surface area contributed by atoms with Gasteiger partial charge in [0.2, 0.25) is 15.9 Å². The molecule has 0 spiro atoms. The van der Waals surface area contributed by atoms with Gasteiger partial charge in [0.1, 0.15) is 5.82 Å². The highest BCUT2D eigenvalue weighted by molar-refractivity contribution is 7.89. The molecular formula is C24H34N4O5S. The van der Waals surface area contributed by atoms with E-state index in [0.717, 1.165) is 30.6 Å². The molecule has 10 heteroatoms. The van der Waals surface area contributed by atoms with Crippen LogP contribution in [0.1, 0.15) is 51.3 Å². The van der Waals surface area contributed by atoms with Crippen molar-refractivity contribution in [1.82, 2.24) is 18.8 Å². The fourth-order valence-electron chi connectivity index (χ4n) is 4.87. The molecule has 3 heterocycles. The molecule has 186 valence electrons. The number of sulfonamides is 1. The molecule has 1 aromatic carbocycles. The van der Waals surface area contributed by atoms with Crippen LogP contribution in [0.2, 0.25) is 0 Å². The largest absolute Gasteiger partial charge is 0.466 e. The number of benzene rings is 1. The van der Waals surface area contributed by atoms with Gasteiger partial charge in [0, 0.05) is 46.1 Å². The Hall–Kier alpha value is -2.46. The summed E-state index contributed by atoms with van der Waals surface area (Å²) in [6, 6.07) is 5.09. The molecule has 1 amide bonds. The quantitative estimate of drug-likeness (QED) is 0.553. The van der Waals surface area contributed by atoms with Gasteiger partial charge in [-0.1, -0.05) is 6.42 Å². The molecule has 1 aromatic heterocycles. The first-order valence-electron chi connectivity index (χ1n) is 12.2. The summed E-state index contributed by atoms with van der Waals surface area (Å²) in [7, 11) is -1.63. The van der Waals surface area contributed by atoms with Crippen LogP contribution in [0.15, 0.2) is 23.1 Å². The molecule has 2 fully saturated rings. The number of rotatable bonds is 7. The molecule has 0 N–H and O–H groups in total. The number of hydrogen-bond acceptors (Lipinski definition) is 6. The lowest BCUT2D eigenvalue weighted by Crippen LogP contribution is -2.40. The van der Waals surface area contributed by atoms with Gasteiger partial charge in [-0.2, -0.15) is 4.31 Å². The van der Waals surface area contributed by atoms with Crippen LogP contribution in [0, 0.1) is 5.92 Å². The first kappa shape index (κ1) is 24.7. The van der Waals surface area contributed by atoms with E-state index >= 15 is 0 Å². The first-order valence-corrected chi connectivity index (χ1v) is 13.6. The van der Waals surface area contributed by atoms with E-state index in [1.54, 1.807) is 29.4 Å². The number of fused-ring (bicyclic) bond motifs is 1. The molecule has 0 atom stereocenters. The van der Waals surface area contributed by atoms with E-state index in [-0.39, 0.29) is 22.7 Å². The number of esters is 1. The van der Waals surface area contributed by atoms with Crippen molar-refractivity contribution < 1.29 is 22.7 Å². The van der Waals surface area contributed by atoms with Crippen molar-refractivity contribution in [2.75, 3.05) is 32.8 Å². The number of carbonyl (C=O) groups excluding carboxylic acids is 2. The molecule has 4 rings (SSSR count). The van der Waals surface area contributed by atoms with Crippen LogP contribution >= 0.6 is 0 Å². The predicted molar refractivity (Wildman–Crippen MR) is 128 cm³/mol. The third-order valence-corrected chi connectivity index (χ3v) is 8.82. The molecule has 2 aliphatic rings. The van der Waals surface area contributed by atoms with E-state index in [1.165, 1.54) is 0 Å². The van der Waals surface area contributed by atoms with Gasteiger partial charge in [0.15, 0.2) is 0 Å². The maximum absolute atomic E-state index is 13.0. The monoisotopic (exact) mass is 490 g/mol. The Morgan fingerprint density at radius 1 is 1.09 bits per heavy atom. The molecule has 2 saturated heterocycles. The first-order chi connectivity index (χ1) is 16.3. The molecule has 34 heavy (non-hydrogen) atoms. The van der Waals surface area contributed by atoms with Crippen molar-refractivity contribution in [3.8, 4) is 0 Å². The van der Waals surface area contributed by atoms with E-state index in [4.69, 9.17) is 4.74 Å². The van der Waals surface area contributed by atoms with Crippen LogP contribution in [-0.4, -0.2) is 71.8 Å². The summed E-state index contributed by atoms with van der Waals surface area (Å²) >= 11 is 0. The van der Waals surface area contributed by atoms with Crippen LogP contribution < -0.4 is 0 Å². The number of aryl methyl sites for hydroxylation is 2. The Labute approximate surface area is 201 Å².